The maximum absolute atomic E-state index is 12.3. The Hall–Kier alpha value is -2.36. The minimum absolute atomic E-state index is 0.000648. The first-order valence-corrected chi connectivity index (χ1v) is 6.19. The Balaban J connectivity index is 2.14. The predicted molar refractivity (Wildman–Crippen MR) is 74.1 cm³/mol. The van der Waals surface area contributed by atoms with Crippen molar-refractivity contribution in [3.05, 3.63) is 54.4 Å². The van der Waals surface area contributed by atoms with Crippen LogP contribution >= 0.6 is 0 Å². The molecule has 98 valence electrons. The van der Waals surface area contributed by atoms with Gasteiger partial charge in [-0.1, -0.05) is 12.1 Å². The maximum atomic E-state index is 12.3. The van der Waals surface area contributed by atoms with Gasteiger partial charge in [-0.2, -0.15) is 0 Å². The molecule has 1 aromatic heterocycles. The summed E-state index contributed by atoms with van der Waals surface area (Å²) in [7, 11) is 0. The van der Waals surface area contributed by atoms with Gasteiger partial charge in [-0.25, -0.2) is 0 Å². The van der Waals surface area contributed by atoms with Gasteiger partial charge in [-0.05, 0) is 36.8 Å². The fraction of sp³-hybridized carbons (Fsp3) is 0.200. The monoisotopic (exact) mass is 256 g/mol. The molecule has 19 heavy (non-hydrogen) atoms. The molecule has 0 aliphatic carbocycles. The highest BCUT2D eigenvalue weighted by Crippen LogP contribution is 2.16. The lowest BCUT2D eigenvalue weighted by Crippen LogP contribution is -2.31. The second-order valence-electron chi connectivity index (χ2n) is 4.19. The molecule has 1 N–H and O–H groups in total. The minimum Gasteiger partial charge on any atom is -0.508 e. The van der Waals surface area contributed by atoms with E-state index in [4.69, 9.17) is 0 Å². The molecule has 1 aromatic carbocycles. The lowest BCUT2D eigenvalue weighted by Gasteiger charge is -2.20. The van der Waals surface area contributed by atoms with Crippen molar-refractivity contribution in [2.24, 2.45) is 0 Å². The van der Waals surface area contributed by atoms with Crippen molar-refractivity contribution in [1.29, 1.82) is 0 Å². The molecule has 0 aliphatic heterocycles. The van der Waals surface area contributed by atoms with Crippen molar-refractivity contribution in [2.75, 3.05) is 11.4 Å². The summed E-state index contributed by atoms with van der Waals surface area (Å²) >= 11 is 0. The molecule has 0 bridgehead atoms. The number of anilines is 1. The number of phenols is 1. The quantitative estimate of drug-likeness (QED) is 0.913. The number of nitrogens with zero attached hydrogens (tertiary/aromatic N) is 2. The topological polar surface area (TPSA) is 53.4 Å². The van der Waals surface area contributed by atoms with Crippen LogP contribution in [0.4, 0.5) is 5.69 Å². The number of aromatic hydroxyl groups is 1. The van der Waals surface area contributed by atoms with Crippen LogP contribution in [-0.2, 0) is 11.2 Å². The Kier molecular flexibility index (Phi) is 4.13. The third-order valence-electron chi connectivity index (χ3n) is 2.86. The molecule has 4 nitrogen and oxygen atoms in total. The molecule has 0 aliphatic rings. The van der Waals surface area contributed by atoms with Crippen LogP contribution in [-0.4, -0.2) is 22.5 Å². The number of hydrogen-bond acceptors (Lipinski definition) is 3. The maximum Gasteiger partial charge on any atom is 0.231 e. The van der Waals surface area contributed by atoms with E-state index in [-0.39, 0.29) is 18.1 Å². The van der Waals surface area contributed by atoms with Crippen molar-refractivity contribution in [3.63, 3.8) is 0 Å². The Morgan fingerprint density at radius 3 is 2.63 bits per heavy atom. The number of phenolic OH excluding ortho intramolecular Hbond substituents is 1. The number of rotatable bonds is 4. The first-order valence-electron chi connectivity index (χ1n) is 6.19. The molecule has 0 atom stereocenters. The van der Waals surface area contributed by atoms with Gasteiger partial charge in [0, 0.05) is 24.6 Å². The molecule has 0 saturated carbocycles. The number of benzene rings is 1. The van der Waals surface area contributed by atoms with E-state index in [2.05, 4.69) is 4.98 Å². The van der Waals surface area contributed by atoms with Crippen LogP contribution in [0.2, 0.25) is 0 Å². The molecule has 0 radical (unpaired) electrons. The summed E-state index contributed by atoms with van der Waals surface area (Å²) in [5, 5.41) is 9.41. The van der Waals surface area contributed by atoms with Crippen LogP contribution in [0.3, 0.4) is 0 Å². The zero-order chi connectivity index (χ0) is 13.7. The molecule has 0 saturated heterocycles. The average Bonchev–Trinajstić information content (AvgIpc) is 2.41. The summed E-state index contributed by atoms with van der Waals surface area (Å²) in [6.45, 7) is 2.53. The molecule has 4 heteroatoms. The Bertz CT molecular complexity index is 555. The standard InChI is InChI=1S/C15H16N2O2/c1-2-17(13-6-8-16-9-7-13)15(19)11-12-4-3-5-14(18)10-12/h3-10,18H,2,11H2,1H3. The first kappa shape index (κ1) is 13.1. The Labute approximate surface area is 112 Å². The van der Waals surface area contributed by atoms with Gasteiger partial charge in [0.2, 0.25) is 5.91 Å². The van der Waals surface area contributed by atoms with Gasteiger partial charge in [-0.15, -0.1) is 0 Å². The van der Waals surface area contributed by atoms with Crippen molar-refractivity contribution in [1.82, 2.24) is 4.98 Å². The lowest BCUT2D eigenvalue weighted by atomic mass is 10.1. The summed E-state index contributed by atoms with van der Waals surface area (Å²) in [4.78, 5) is 17.9. The summed E-state index contributed by atoms with van der Waals surface area (Å²) in [5.41, 5.74) is 1.64. The van der Waals surface area contributed by atoms with E-state index in [1.54, 1.807) is 35.5 Å². The minimum atomic E-state index is -0.000648. The molecule has 0 fully saturated rings. The van der Waals surface area contributed by atoms with E-state index in [0.29, 0.717) is 6.54 Å². The third-order valence-corrected chi connectivity index (χ3v) is 2.86. The van der Waals surface area contributed by atoms with Crippen LogP contribution < -0.4 is 4.90 Å². The molecule has 2 rings (SSSR count). The van der Waals surface area contributed by atoms with Crippen molar-refractivity contribution in [3.8, 4) is 5.75 Å². The molecule has 1 amide bonds. The fourth-order valence-corrected chi connectivity index (χ4v) is 1.96. The number of amides is 1. The van der Waals surface area contributed by atoms with Crippen molar-refractivity contribution >= 4 is 11.6 Å². The number of likely N-dealkylation sites (N-methyl/N-ethyl adjacent to an activating group) is 1. The number of hydrogen-bond donors (Lipinski definition) is 1. The largest absolute Gasteiger partial charge is 0.508 e. The summed E-state index contributed by atoms with van der Waals surface area (Å²) in [6, 6.07) is 10.4. The summed E-state index contributed by atoms with van der Waals surface area (Å²) in [5.74, 6) is 0.177. The van der Waals surface area contributed by atoms with Gasteiger partial charge in [0.1, 0.15) is 5.75 Å². The fourth-order valence-electron chi connectivity index (χ4n) is 1.96. The van der Waals surface area contributed by atoms with Crippen LogP contribution in [0.5, 0.6) is 5.75 Å². The normalized spacial score (nSPS) is 10.2. The lowest BCUT2D eigenvalue weighted by molar-refractivity contribution is -0.117. The van der Waals surface area contributed by atoms with E-state index in [9.17, 15) is 9.90 Å². The van der Waals surface area contributed by atoms with Crippen LogP contribution in [0.25, 0.3) is 0 Å². The summed E-state index contributed by atoms with van der Waals surface area (Å²) < 4.78 is 0. The molecular weight excluding hydrogens is 240 g/mol. The highest BCUT2D eigenvalue weighted by molar-refractivity contribution is 5.94. The van der Waals surface area contributed by atoms with Gasteiger partial charge in [0.25, 0.3) is 0 Å². The summed E-state index contributed by atoms with van der Waals surface area (Å²) in [6.07, 6.45) is 3.60. The predicted octanol–water partition coefficient (Wildman–Crippen LogP) is 2.38. The Morgan fingerprint density at radius 2 is 2.00 bits per heavy atom. The molecule has 2 aromatic rings. The van der Waals surface area contributed by atoms with Crippen LogP contribution in [0.15, 0.2) is 48.8 Å². The van der Waals surface area contributed by atoms with Gasteiger partial charge < -0.3 is 10.0 Å². The van der Waals surface area contributed by atoms with E-state index in [1.165, 1.54) is 0 Å². The van der Waals surface area contributed by atoms with E-state index in [0.717, 1.165) is 11.3 Å². The molecule has 0 spiro atoms. The smallest absolute Gasteiger partial charge is 0.231 e. The zero-order valence-electron chi connectivity index (χ0n) is 10.8. The van der Waals surface area contributed by atoms with Crippen LogP contribution in [0.1, 0.15) is 12.5 Å². The highest BCUT2D eigenvalue weighted by Gasteiger charge is 2.14. The molecule has 1 heterocycles. The Morgan fingerprint density at radius 1 is 1.26 bits per heavy atom. The second-order valence-corrected chi connectivity index (χ2v) is 4.19. The van der Waals surface area contributed by atoms with Gasteiger partial charge in [0.15, 0.2) is 0 Å². The van der Waals surface area contributed by atoms with E-state index < -0.39 is 0 Å². The van der Waals surface area contributed by atoms with Gasteiger partial charge >= 0.3 is 0 Å². The number of aromatic nitrogens is 1. The SMILES string of the molecule is CCN(C(=O)Cc1cccc(O)c1)c1ccncc1. The average molecular weight is 256 g/mol. The second kappa shape index (κ2) is 6.00. The van der Waals surface area contributed by atoms with Gasteiger partial charge in [0.05, 0.1) is 6.42 Å². The van der Waals surface area contributed by atoms with E-state index in [1.807, 2.05) is 25.1 Å². The van der Waals surface area contributed by atoms with Crippen LogP contribution in [0, 0.1) is 0 Å². The van der Waals surface area contributed by atoms with Crippen molar-refractivity contribution < 1.29 is 9.90 Å². The zero-order valence-corrected chi connectivity index (χ0v) is 10.8. The number of pyridine rings is 1. The van der Waals surface area contributed by atoms with Crippen molar-refractivity contribution in [2.45, 2.75) is 13.3 Å². The highest BCUT2D eigenvalue weighted by atomic mass is 16.3. The van der Waals surface area contributed by atoms with E-state index >= 15 is 0 Å². The number of carbonyl (C=O) groups excluding carboxylic acids is 1. The number of carbonyl (C=O) groups is 1. The van der Waals surface area contributed by atoms with Gasteiger partial charge in [-0.3, -0.25) is 9.78 Å². The molecular formula is C15H16N2O2. The third kappa shape index (κ3) is 3.31. The molecule has 0 unspecified atom stereocenters. The first-order chi connectivity index (χ1) is 9.20.